The Morgan fingerprint density at radius 1 is 1.03 bits per heavy atom. The van der Waals surface area contributed by atoms with Crippen molar-refractivity contribution in [2.75, 3.05) is 5.32 Å². The molecular weight excluding hydrogens is 474 g/mol. The number of alkyl halides is 4. The van der Waals surface area contributed by atoms with E-state index in [0.29, 0.717) is 40.6 Å². The van der Waals surface area contributed by atoms with Crippen molar-refractivity contribution in [2.45, 2.75) is 57.2 Å². The predicted octanol–water partition coefficient (Wildman–Crippen LogP) is 5.54. The van der Waals surface area contributed by atoms with E-state index in [0.717, 1.165) is 4.57 Å². The number of carbonyl (C=O) groups is 2. The van der Waals surface area contributed by atoms with Crippen LogP contribution in [0, 0.1) is 11.8 Å². The minimum absolute atomic E-state index is 0.0131. The molecule has 2 heterocycles. The second-order valence-electron chi connectivity index (χ2n) is 9.10. The number of benzene rings is 2. The lowest BCUT2D eigenvalue weighted by Gasteiger charge is -2.36. The molecule has 2 amide bonds. The van der Waals surface area contributed by atoms with Crippen LogP contribution in [0.4, 0.5) is 23.2 Å². The number of hydrogen-bond donors (Lipinski definition) is 1. The Morgan fingerprint density at radius 3 is 2.33 bits per heavy atom. The fraction of sp³-hybridized carbons (Fsp3) is 0.333. The van der Waals surface area contributed by atoms with Crippen molar-refractivity contribution in [3.8, 4) is 11.8 Å². The molecule has 0 bridgehead atoms. The van der Waals surface area contributed by atoms with Crippen molar-refractivity contribution in [3.63, 3.8) is 0 Å². The molecule has 5 rings (SSSR count). The average molecular weight is 497 g/mol. The number of hydrogen-bond acceptors (Lipinski definition) is 3. The molecule has 2 aromatic carbocycles. The molecule has 36 heavy (non-hydrogen) atoms. The Kier molecular flexibility index (Phi) is 5.99. The van der Waals surface area contributed by atoms with Gasteiger partial charge in [-0.2, -0.15) is 13.2 Å². The number of halogens is 4. The summed E-state index contributed by atoms with van der Waals surface area (Å²) in [6.07, 6.45) is -5.04. The highest BCUT2D eigenvalue weighted by Crippen LogP contribution is 2.35. The largest absolute Gasteiger partial charge is 0.406 e. The number of amides is 2. The number of fused-ring (bicyclic) bond motifs is 2. The van der Waals surface area contributed by atoms with E-state index in [1.807, 2.05) is 0 Å². The third-order valence-corrected chi connectivity index (χ3v) is 6.81. The molecule has 1 N–H and O–H groups in total. The van der Waals surface area contributed by atoms with Gasteiger partial charge in [0, 0.05) is 23.5 Å². The van der Waals surface area contributed by atoms with Gasteiger partial charge in [-0.05, 0) is 56.0 Å². The molecule has 0 saturated heterocycles. The summed E-state index contributed by atoms with van der Waals surface area (Å²) in [6.45, 7) is 0.371. The van der Waals surface area contributed by atoms with Crippen LogP contribution in [-0.2, 0) is 6.54 Å². The van der Waals surface area contributed by atoms with E-state index in [1.54, 1.807) is 55.5 Å². The van der Waals surface area contributed by atoms with Gasteiger partial charge >= 0.3 is 6.18 Å². The topological polar surface area (TPSA) is 54.3 Å². The quantitative estimate of drug-likeness (QED) is 0.293. The highest BCUT2D eigenvalue weighted by molar-refractivity contribution is 6.21. The lowest BCUT2D eigenvalue weighted by Crippen LogP contribution is -2.48. The number of carbonyl (C=O) groups excluding carboxylic acids is 2. The first-order chi connectivity index (χ1) is 17.2. The van der Waals surface area contributed by atoms with Gasteiger partial charge in [0.2, 0.25) is 0 Å². The molecule has 186 valence electrons. The SMILES string of the molecule is CC#Cc1cc2c(NC3CCC(N4C(=O)c5ccccc5C4=O)CC3F)cccc2n1CC(F)(F)F. The Bertz CT molecular complexity index is 1380. The van der Waals surface area contributed by atoms with Crippen molar-refractivity contribution < 1.29 is 27.2 Å². The summed E-state index contributed by atoms with van der Waals surface area (Å²) in [5, 5.41) is 3.69. The zero-order valence-electron chi connectivity index (χ0n) is 19.4. The van der Waals surface area contributed by atoms with Crippen LogP contribution in [0.3, 0.4) is 0 Å². The van der Waals surface area contributed by atoms with Gasteiger partial charge in [-0.15, -0.1) is 0 Å². The van der Waals surface area contributed by atoms with Crippen LogP contribution in [-0.4, -0.2) is 45.7 Å². The summed E-state index contributed by atoms with van der Waals surface area (Å²) >= 11 is 0. The van der Waals surface area contributed by atoms with E-state index in [4.69, 9.17) is 0 Å². The fourth-order valence-corrected chi connectivity index (χ4v) is 5.22. The Balaban J connectivity index is 1.36. The highest BCUT2D eigenvalue weighted by Gasteiger charge is 2.43. The van der Waals surface area contributed by atoms with Gasteiger partial charge in [0.25, 0.3) is 11.8 Å². The number of nitrogens with one attached hydrogen (secondary N) is 1. The van der Waals surface area contributed by atoms with E-state index < -0.39 is 42.8 Å². The third kappa shape index (κ3) is 4.21. The molecule has 3 atom stereocenters. The van der Waals surface area contributed by atoms with E-state index in [2.05, 4.69) is 17.2 Å². The zero-order valence-corrected chi connectivity index (χ0v) is 19.4. The molecule has 2 aliphatic rings. The molecule has 1 saturated carbocycles. The number of imide groups is 1. The number of anilines is 1. The number of nitrogens with zero attached hydrogens (tertiary/aromatic N) is 2. The van der Waals surface area contributed by atoms with Gasteiger partial charge in [0.15, 0.2) is 0 Å². The maximum Gasteiger partial charge on any atom is 0.406 e. The van der Waals surface area contributed by atoms with Gasteiger partial charge in [-0.1, -0.05) is 24.1 Å². The summed E-state index contributed by atoms with van der Waals surface area (Å²) in [6, 6.07) is 11.9. The maximum absolute atomic E-state index is 15.4. The monoisotopic (exact) mass is 497 g/mol. The van der Waals surface area contributed by atoms with Crippen LogP contribution in [0.1, 0.15) is 52.6 Å². The first-order valence-corrected chi connectivity index (χ1v) is 11.7. The fourth-order valence-electron chi connectivity index (χ4n) is 5.22. The van der Waals surface area contributed by atoms with Gasteiger partial charge < -0.3 is 9.88 Å². The van der Waals surface area contributed by atoms with E-state index >= 15 is 4.39 Å². The molecule has 5 nitrogen and oxygen atoms in total. The summed E-state index contributed by atoms with van der Waals surface area (Å²) in [5.41, 5.74) is 1.76. The minimum Gasteiger partial charge on any atom is -0.379 e. The van der Waals surface area contributed by atoms with Crippen LogP contribution in [0.2, 0.25) is 0 Å². The summed E-state index contributed by atoms with van der Waals surface area (Å²) in [4.78, 5) is 26.8. The van der Waals surface area contributed by atoms with Gasteiger partial charge in [0.05, 0.1) is 28.4 Å². The van der Waals surface area contributed by atoms with E-state index in [1.165, 1.54) is 4.90 Å². The van der Waals surface area contributed by atoms with Gasteiger partial charge in [-0.3, -0.25) is 14.5 Å². The highest BCUT2D eigenvalue weighted by atomic mass is 19.4. The van der Waals surface area contributed by atoms with Crippen molar-refractivity contribution in [1.29, 1.82) is 0 Å². The van der Waals surface area contributed by atoms with Crippen molar-refractivity contribution in [1.82, 2.24) is 9.47 Å². The van der Waals surface area contributed by atoms with Gasteiger partial charge in [0.1, 0.15) is 12.7 Å². The van der Waals surface area contributed by atoms with E-state index in [9.17, 15) is 22.8 Å². The number of aromatic nitrogens is 1. The second-order valence-corrected chi connectivity index (χ2v) is 9.10. The summed E-state index contributed by atoms with van der Waals surface area (Å²) < 4.78 is 56.1. The van der Waals surface area contributed by atoms with Crippen LogP contribution in [0.15, 0.2) is 48.5 Å². The molecular formula is C27H23F4N3O2. The summed E-state index contributed by atoms with van der Waals surface area (Å²) in [5.74, 6) is 4.56. The van der Waals surface area contributed by atoms with Crippen LogP contribution in [0.25, 0.3) is 10.9 Å². The van der Waals surface area contributed by atoms with Crippen molar-refractivity contribution in [3.05, 3.63) is 65.4 Å². The maximum atomic E-state index is 15.4. The summed E-state index contributed by atoms with van der Waals surface area (Å²) in [7, 11) is 0. The lowest BCUT2D eigenvalue weighted by molar-refractivity contribution is -0.140. The smallest absolute Gasteiger partial charge is 0.379 e. The average Bonchev–Trinajstić information content (AvgIpc) is 3.30. The van der Waals surface area contributed by atoms with Crippen LogP contribution < -0.4 is 5.32 Å². The normalized spacial score (nSPS) is 21.9. The lowest BCUT2D eigenvalue weighted by atomic mass is 9.88. The molecule has 9 heteroatoms. The number of rotatable bonds is 4. The molecule has 0 radical (unpaired) electrons. The second kappa shape index (κ2) is 9.01. The predicted molar refractivity (Wildman–Crippen MR) is 127 cm³/mol. The van der Waals surface area contributed by atoms with Crippen molar-refractivity contribution >= 4 is 28.4 Å². The molecule has 1 aliphatic heterocycles. The first kappa shape index (κ1) is 23.9. The van der Waals surface area contributed by atoms with Gasteiger partial charge in [-0.25, -0.2) is 4.39 Å². The molecule has 3 unspecified atom stereocenters. The van der Waals surface area contributed by atoms with Crippen LogP contribution in [0.5, 0.6) is 0 Å². The molecule has 1 aromatic heterocycles. The molecule has 3 aromatic rings. The Labute approximate surface area is 205 Å². The standard InChI is InChI=1S/C27H23F4N3O2/c1-2-6-16-13-20-22(9-5-10-24(20)33(16)15-27(29,30)31)32-23-12-11-17(14-21(23)28)34-25(35)18-7-3-4-8-19(18)26(34)36/h3-5,7-10,13,17,21,23,32H,11-12,14-15H2,1H3. The molecule has 0 spiro atoms. The van der Waals surface area contributed by atoms with Crippen LogP contribution >= 0.6 is 0 Å². The molecule has 1 aliphatic carbocycles. The van der Waals surface area contributed by atoms with Crippen molar-refractivity contribution in [2.24, 2.45) is 0 Å². The van der Waals surface area contributed by atoms with E-state index in [-0.39, 0.29) is 12.1 Å². The Morgan fingerprint density at radius 2 is 1.72 bits per heavy atom. The zero-order chi connectivity index (χ0) is 25.6. The molecule has 1 fully saturated rings. The minimum atomic E-state index is -4.42. The Hall–Kier alpha value is -3.80. The first-order valence-electron chi connectivity index (χ1n) is 11.7. The third-order valence-electron chi connectivity index (χ3n) is 6.81.